The van der Waals surface area contributed by atoms with Crippen molar-refractivity contribution in [2.45, 2.75) is 63.9 Å². The average Bonchev–Trinajstić information content (AvgIpc) is 3.75. The molecule has 0 saturated carbocycles. The highest BCUT2D eigenvalue weighted by Crippen LogP contribution is 2.60. The molecule has 2 unspecified atom stereocenters. The Morgan fingerprint density at radius 3 is 2.54 bits per heavy atom. The smallest absolute Gasteiger partial charge is 0.360 e. The number of hydrogen-bond acceptors (Lipinski definition) is 10. The van der Waals surface area contributed by atoms with Crippen molar-refractivity contribution in [2.24, 2.45) is 11.8 Å². The number of nitrogens with one attached hydrogen (secondary N) is 3. The van der Waals surface area contributed by atoms with E-state index >= 15 is 0 Å². The Morgan fingerprint density at radius 2 is 1.83 bits per heavy atom. The molecule has 0 fully saturated rings. The number of esters is 1. The Kier molecular flexibility index (Phi) is 7.70. The number of methoxy groups -OCH3 is 1. The van der Waals surface area contributed by atoms with Crippen LogP contribution in [0, 0.1) is 11.8 Å². The molecule has 4 aromatic rings. The lowest BCUT2D eigenvalue weighted by Crippen LogP contribution is -2.52. The van der Waals surface area contributed by atoms with Gasteiger partial charge in [0.15, 0.2) is 17.7 Å². The van der Waals surface area contributed by atoms with Crippen LogP contribution in [0.25, 0.3) is 11.1 Å². The molecular weight excluding hydrogens is 614 g/mol. The van der Waals surface area contributed by atoms with E-state index in [2.05, 4.69) is 20.9 Å². The van der Waals surface area contributed by atoms with Gasteiger partial charge in [0.1, 0.15) is 29.4 Å². The van der Waals surface area contributed by atoms with Crippen molar-refractivity contribution in [1.82, 2.24) is 20.6 Å². The van der Waals surface area contributed by atoms with Crippen LogP contribution < -0.4 is 20.7 Å². The quantitative estimate of drug-likeness (QED) is 0.225. The van der Waals surface area contributed by atoms with Crippen LogP contribution in [0.5, 0.6) is 5.75 Å². The van der Waals surface area contributed by atoms with Crippen molar-refractivity contribution in [3.8, 4) is 16.9 Å². The third-order valence-electron chi connectivity index (χ3n) is 9.45. The fraction of sp³-hybridized carbons (Fsp3) is 0.361. The minimum absolute atomic E-state index is 0.0348. The lowest BCUT2D eigenvalue weighted by Gasteiger charge is -2.29. The number of nitrogens with zero attached hydrogens (tertiary/aromatic N) is 2. The number of fused-ring (bicyclic) bond motifs is 4. The number of aromatic nitrogens is 2. The number of oxazole rings is 1. The van der Waals surface area contributed by atoms with Crippen LogP contribution >= 0.6 is 0 Å². The predicted molar refractivity (Wildman–Crippen MR) is 174 cm³/mol. The van der Waals surface area contributed by atoms with Gasteiger partial charge < -0.3 is 34.9 Å². The second kappa shape index (κ2) is 11.8. The maximum atomic E-state index is 13.9. The van der Waals surface area contributed by atoms with Crippen LogP contribution in [0.15, 0.2) is 65.3 Å². The predicted octanol–water partition coefficient (Wildman–Crippen LogP) is 3.87. The van der Waals surface area contributed by atoms with Crippen LogP contribution in [-0.4, -0.2) is 58.3 Å². The van der Waals surface area contributed by atoms with Crippen LogP contribution in [0.1, 0.15) is 72.6 Å². The van der Waals surface area contributed by atoms with Gasteiger partial charge in [-0.15, -0.1) is 0 Å². The van der Waals surface area contributed by atoms with E-state index in [1.165, 1.54) is 7.11 Å². The fourth-order valence-corrected chi connectivity index (χ4v) is 6.94. The molecule has 2 aromatic heterocycles. The van der Waals surface area contributed by atoms with E-state index in [1.54, 1.807) is 26.2 Å². The standard InChI is InChI=1S/C36H37N5O7/c1-17(2)26-33-40-28(34(45)46-5)30(48-33)36-22-8-6-7-21(20-11-13-37-14-12-20)27(22)41-35(36)47-25-10-9-19(15-23(25)36)16-24(31(43)39-26)38-32(44)29(42)18(3)4/h6-15,17-18,24,26,29,35,41-42H,16H2,1-5H3,(H,38,44)(H,39,43)/t24-,26-,29-,35?,36?/m0/s1. The first kappa shape index (κ1) is 31.4. The molecule has 248 valence electrons. The maximum absolute atomic E-state index is 13.9. The molecule has 2 amide bonds. The number of amides is 2. The number of pyridine rings is 1. The highest BCUT2D eigenvalue weighted by molar-refractivity contribution is 5.93. The summed E-state index contributed by atoms with van der Waals surface area (Å²) in [5.74, 6) is -1.53. The topological polar surface area (TPSA) is 165 Å². The van der Waals surface area contributed by atoms with Crippen molar-refractivity contribution in [1.29, 1.82) is 0 Å². The zero-order chi connectivity index (χ0) is 33.9. The zero-order valence-electron chi connectivity index (χ0n) is 27.2. The van der Waals surface area contributed by atoms with E-state index < -0.39 is 47.6 Å². The summed E-state index contributed by atoms with van der Waals surface area (Å²) in [6.07, 6.45) is 1.53. The van der Waals surface area contributed by atoms with Gasteiger partial charge in [-0.25, -0.2) is 9.78 Å². The summed E-state index contributed by atoms with van der Waals surface area (Å²) in [4.78, 5) is 49.4. The molecule has 0 radical (unpaired) electrons. The van der Waals surface area contributed by atoms with Gasteiger partial charge in [-0.3, -0.25) is 14.6 Å². The maximum Gasteiger partial charge on any atom is 0.360 e. The van der Waals surface area contributed by atoms with E-state index in [9.17, 15) is 19.5 Å². The van der Waals surface area contributed by atoms with Crippen molar-refractivity contribution in [3.63, 3.8) is 0 Å². The van der Waals surface area contributed by atoms with Crippen LogP contribution in [0.3, 0.4) is 0 Å². The Hall–Kier alpha value is -5.23. The summed E-state index contributed by atoms with van der Waals surface area (Å²) in [6.45, 7) is 7.23. The largest absolute Gasteiger partial charge is 0.469 e. The number of para-hydroxylation sites is 1. The molecule has 1 spiro atoms. The molecule has 4 bridgehead atoms. The van der Waals surface area contributed by atoms with Crippen molar-refractivity contribution in [3.05, 3.63) is 95.0 Å². The lowest BCUT2D eigenvalue weighted by atomic mass is 9.72. The molecule has 0 aliphatic carbocycles. The molecular formula is C36H37N5O7. The number of aliphatic hydroxyl groups excluding tert-OH is 1. The number of ether oxygens (including phenoxy) is 2. The van der Waals surface area contributed by atoms with Gasteiger partial charge in [-0.1, -0.05) is 58.0 Å². The highest BCUT2D eigenvalue weighted by atomic mass is 16.5. The zero-order valence-corrected chi connectivity index (χ0v) is 27.2. The molecule has 5 atom stereocenters. The fourth-order valence-electron chi connectivity index (χ4n) is 6.94. The van der Waals surface area contributed by atoms with Gasteiger partial charge in [0.05, 0.1) is 7.11 Å². The van der Waals surface area contributed by atoms with E-state index in [0.717, 1.165) is 27.9 Å². The molecule has 12 heteroatoms. The minimum Gasteiger partial charge on any atom is -0.469 e. The summed E-state index contributed by atoms with van der Waals surface area (Å²) in [7, 11) is 1.28. The van der Waals surface area contributed by atoms with Crippen molar-refractivity contribution in [2.75, 3.05) is 12.4 Å². The number of hydrogen-bond donors (Lipinski definition) is 4. The molecule has 4 N–H and O–H groups in total. The molecule has 5 heterocycles. The van der Waals surface area contributed by atoms with Gasteiger partial charge in [-0.2, -0.15) is 0 Å². The Labute approximate surface area is 277 Å². The first-order valence-electron chi connectivity index (χ1n) is 16.0. The third-order valence-corrected chi connectivity index (χ3v) is 9.45. The van der Waals surface area contributed by atoms with Gasteiger partial charge in [0.2, 0.25) is 17.7 Å². The highest BCUT2D eigenvalue weighted by Gasteiger charge is 2.61. The van der Waals surface area contributed by atoms with Crippen LogP contribution in [0.2, 0.25) is 0 Å². The SMILES string of the molecule is COC(=O)c1nc2oc1C13c4cc(ccc4OC1Nc1c(-c4ccncc4)cccc13)C[C@H](NC(=O)[C@@H](O)C(C)C)C(=O)N[C@H]2C(C)C. The van der Waals surface area contributed by atoms with Crippen LogP contribution in [-0.2, 0) is 26.2 Å². The van der Waals surface area contributed by atoms with Gasteiger partial charge in [0, 0.05) is 41.2 Å². The van der Waals surface area contributed by atoms with Gasteiger partial charge in [0.25, 0.3) is 0 Å². The number of carbonyl (C=O) groups excluding carboxylic acids is 3. The molecule has 2 aromatic carbocycles. The monoisotopic (exact) mass is 651 g/mol. The third kappa shape index (κ3) is 4.81. The average molecular weight is 652 g/mol. The second-order valence-electron chi connectivity index (χ2n) is 13.2. The summed E-state index contributed by atoms with van der Waals surface area (Å²) in [6, 6.07) is 13.5. The summed E-state index contributed by atoms with van der Waals surface area (Å²) >= 11 is 0. The van der Waals surface area contributed by atoms with Crippen LogP contribution in [0.4, 0.5) is 5.69 Å². The minimum atomic E-state index is -1.30. The Balaban J connectivity index is 1.49. The van der Waals surface area contributed by atoms with E-state index in [4.69, 9.17) is 18.9 Å². The normalized spacial score (nSPS) is 22.8. The molecule has 3 aliphatic heterocycles. The summed E-state index contributed by atoms with van der Waals surface area (Å²) in [5.41, 5.74) is 3.63. The summed E-state index contributed by atoms with van der Waals surface area (Å²) in [5, 5.41) is 19.9. The number of rotatable bonds is 6. The molecule has 48 heavy (non-hydrogen) atoms. The Bertz CT molecular complexity index is 1920. The molecule has 0 saturated heterocycles. The van der Waals surface area contributed by atoms with Gasteiger partial charge >= 0.3 is 5.97 Å². The number of benzene rings is 2. The van der Waals surface area contributed by atoms with Crippen molar-refractivity contribution < 1.29 is 33.4 Å². The number of aliphatic hydroxyl groups is 1. The van der Waals surface area contributed by atoms with E-state index in [1.807, 2.05) is 62.4 Å². The van der Waals surface area contributed by atoms with Crippen molar-refractivity contribution >= 4 is 23.5 Å². The Morgan fingerprint density at radius 1 is 1.06 bits per heavy atom. The molecule has 12 nitrogen and oxygen atoms in total. The van der Waals surface area contributed by atoms with E-state index in [0.29, 0.717) is 11.3 Å². The van der Waals surface area contributed by atoms with Gasteiger partial charge in [-0.05, 0) is 41.2 Å². The summed E-state index contributed by atoms with van der Waals surface area (Å²) < 4.78 is 18.5. The van der Waals surface area contributed by atoms with E-state index in [-0.39, 0.29) is 35.6 Å². The first-order valence-corrected chi connectivity index (χ1v) is 16.0. The number of carbonyl (C=O) groups is 3. The molecule has 3 aliphatic rings. The first-order chi connectivity index (χ1) is 23.0. The second-order valence-corrected chi connectivity index (χ2v) is 13.2. The lowest BCUT2D eigenvalue weighted by molar-refractivity contribution is -0.135. The number of anilines is 1. The molecule has 7 rings (SSSR count).